The summed E-state index contributed by atoms with van der Waals surface area (Å²) >= 11 is 0. The van der Waals surface area contributed by atoms with Crippen LogP contribution in [0.4, 0.5) is 11.4 Å². The van der Waals surface area contributed by atoms with E-state index < -0.39 is 0 Å². The lowest BCUT2D eigenvalue weighted by Gasteiger charge is -2.39. The zero-order chi connectivity index (χ0) is 31.0. The van der Waals surface area contributed by atoms with Gasteiger partial charge >= 0.3 is 0 Å². The first-order valence-corrected chi connectivity index (χ1v) is 15.0. The minimum Gasteiger partial charge on any atom is -0.380 e. The SMILES string of the molecule is C.CC1=CC(C)(C)Nc2c1cc1c(C)c(C)c(=O)[nH]c1c2C.Cc1c(C)c2cc3c(c(C)c2[nH]c1=O)NC(C)(C)CC3C. The van der Waals surface area contributed by atoms with Crippen LogP contribution in [-0.2, 0) is 0 Å². The first kappa shape index (κ1) is 32.1. The van der Waals surface area contributed by atoms with Crippen LogP contribution in [0.15, 0.2) is 27.8 Å². The highest BCUT2D eigenvalue weighted by molar-refractivity contribution is 5.97. The van der Waals surface area contributed by atoms with E-state index in [9.17, 15) is 9.59 Å². The van der Waals surface area contributed by atoms with E-state index in [1.54, 1.807) is 0 Å². The summed E-state index contributed by atoms with van der Waals surface area (Å²) in [4.78, 5) is 30.3. The molecule has 43 heavy (non-hydrogen) atoms. The minimum absolute atomic E-state index is 0. The Balaban J connectivity index is 0.000000192. The molecule has 6 rings (SSSR count). The number of aryl methyl sites for hydroxylation is 4. The molecule has 0 saturated carbocycles. The number of aromatic amines is 2. The number of benzene rings is 2. The molecular weight excluding hydrogens is 532 g/mol. The lowest BCUT2D eigenvalue weighted by Crippen LogP contribution is -2.37. The molecule has 0 fully saturated rings. The number of hydrogen-bond acceptors (Lipinski definition) is 4. The van der Waals surface area contributed by atoms with Gasteiger partial charge in [-0.1, -0.05) is 20.4 Å². The highest BCUT2D eigenvalue weighted by atomic mass is 16.1. The molecule has 1 unspecified atom stereocenters. The predicted octanol–water partition coefficient (Wildman–Crippen LogP) is 8.85. The Labute approximate surface area is 256 Å². The van der Waals surface area contributed by atoms with Gasteiger partial charge in [-0.15, -0.1) is 0 Å². The molecule has 0 spiro atoms. The maximum absolute atomic E-state index is 12.1. The van der Waals surface area contributed by atoms with Crippen molar-refractivity contribution in [2.75, 3.05) is 10.6 Å². The highest BCUT2D eigenvalue weighted by Gasteiger charge is 2.31. The van der Waals surface area contributed by atoms with Crippen LogP contribution in [0.25, 0.3) is 27.4 Å². The van der Waals surface area contributed by atoms with Crippen molar-refractivity contribution < 1.29 is 0 Å². The summed E-state index contributed by atoms with van der Waals surface area (Å²) in [5.41, 5.74) is 14.2. The van der Waals surface area contributed by atoms with Crippen LogP contribution in [0.1, 0.15) is 106 Å². The minimum atomic E-state index is -0.0739. The lowest BCUT2D eigenvalue weighted by atomic mass is 9.80. The van der Waals surface area contributed by atoms with Gasteiger partial charge in [0.25, 0.3) is 11.1 Å². The zero-order valence-corrected chi connectivity index (χ0v) is 27.3. The van der Waals surface area contributed by atoms with Gasteiger partial charge in [0.05, 0.1) is 16.6 Å². The second-order valence-corrected chi connectivity index (χ2v) is 13.9. The van der Waals surface area contributed by atoms with Crippen molar-refractivity contribution in [2.45, 2.75) is 114 Å². The molecule has 4 aromatic rings. The molecule has 1 atom stereocenters. The van der Waals surface area contributed by atoms with Gasteiger partial charge in [-0.05, 0) is 134 Å². The Bertz CT molecular complexity index is 1940. The summed E-state index contributed by atoms with van der Waals surface area (Å²) in [5.74, 6) is 0.519. The molecule has 4 heterocycles. The van der Waals surface area contributed by atoms with Gasteiger partial charge in [0.15, 0.2) is 0 Å². The van der Waals surface area contributed by atoms with Gasteiger partial charge in [0.2, 0.25) is 0 Å². The van der Waals surface area contributed by atoms with Crippen LogP contribution >= 0.6 is 0 Å². The number of allylic oxidation sites excluding steroid dienone is 1. The Morgan fingerprint density at radius 1 is 0.674 bits per heavy atom. The number of hydrogen-bond donors (Lipinski definition) is 4. The molecule has 0 radical (unpaired) electrons. The van der Waals surface area contributed by atoms with E-state index in [0.717, 1.165) is 61.9 Å². The van der Waals surface area contributed by atoms with Gasteiger partial charge < -0.3 is 20.6 Å². The first-order valence-electron chi connectivity index (χ1n) is 15.0. The molecular formula is C37H50N4O2. The summed E-state index contributed by atoms with van der Waals surface area (Å²) in [6, 6.07) is 4.47. The van der Waals surface area contributed by atoms with Crippen molar-refractivity contribution >= 4 is 38.8 Å². The molecule has 2 aliphatic heterocycles. The van der Waals surface area contributed by atoms with E-state index in [0.29, 0.717) is 5.92 Å². The zero-order valence-electron chi connectivity index (χ0n) is 27.3. The van der Waals surface area contributed by atoms with Crippen molar-refractivity contribution in [3.63, 3.8) is 0 Å². The summed E-state index contributed by atoms with van der Waals surface area (Å²) in [7, 11) is 0. The molecule has 6 nitrogen and oxygen atoms in total. The molecule has 4 N–H and O–H groups in total. The number of rotatable bonds is 0. The number of fused-ring (bicyclic) bond motifs is 4. The standard InChI is InChI=1S/C18H24N2O.C18H22N2O.CH4/c2*1-9-8-18(5,6)20-16-12(4)15-14(7-13(9)16)10(2)11(3)17(21)19-15;/h7,9,20H,8H2,1-6H3,(H,19,21);7-8,20H,1-6H3,(H,19,21);1H4. The lowest BCUT2D eigenvalue weighted by molar-refractivity contribution is 0.454. The number of anilines is 2. The largest absolute Gasteiger partial charge is 0.380 e. The average Bonchev–Trinajstić information content (AvgIpc) is 2.88. The smallest absolute Gasteiger partial charge is 0.251 e. The summed E-state index contributed by atoms with van der Waals surface area (Å²) in [6.07, 6.45) is 3.38. The summed E-state index contributed by atoms with van der Waals surface area (Å²) < 4.78 is 0. The van der Waals surface area contributed by atoms with Crippen molar-refractivity contribution in [1.82, 2.24) is 9.97 Å². The molecule has 0 saturated heterocycles. The third-order valence-corrected chi connectivity index (χ3v) is 9.54. The Hall–Kier alpha value is -3.80. The number of nitrogens with one attached hydrogen (secondary N) is 4. The molecule has 0 bridgehead atoms. The van der Waals surface area contributed by atoms with Crippen molar-refractivity contribution in [1.29, 1.82) is 0 Å². The average molecular weight is 583 g/mol. The first-order chi connectivity index (χ1) is 19.4. The van der Waals surface area contributed by atoms with Gasteiger partial charge in [-0.2, -0.15) is 0 Å². The maximum atomic E-state index is 12.1. The van der Waals surface area contributed by atoms with Crippen LogP contribution in [0.5, 0.6) is 0 Å². The van der Waals surface area contributed by atoms with Gasteiger partial charge in [-0.25, -0.2) is 0 Å². The fraction of sp³-hybridized carbons (Fsp3) is 0.459. The van der Waals surface area contributed by atoms with Crippen molar-refractivity contribution in [3.8, 4) is 0 Å². The molecule has 2 aromatic carbocycles. The third-order valence-electron chi connectivity index (χ3n) is 9.54. The topological polar surface area (TPSA) is 89.8 Å². The van der Waals surface area contributed by atoms with Crippen LogP contribution in [0.3, 0.4) is 0 Å². The highest BCUT2D eigenvalue weighted by Crippen LogP contribution is 2.43. The number of H-pyrrole nitrogens is 2. The Kier molecular flexibility index (Phi) is 8.01. The molecule has 0 amide bonds. The van der Waals surface area contributed by atoms with Crippen LogP contribution < -0.4 is 21.8 Å². The second-order valence-electron chi connectivity index (χ2n) is 13.9. The van der Waals surface area contributed by atoms with E-state index in [1.807, 2.05) is 27.7 Å². The van der Waals surface area contributed by atoms with Crippen molar-refractivity contribution in [2.24, 2.45) is 0 Å². The summed E-state index contributed by atoms with van der Waals surface area (Å²) in [5, 5.41) is 9.55. The van der Waals surface area contributed by atoms with E-state index in [2.05, 4.69) is 94.2 Å². The predicted molar refractivity (Wildman–Crippen MR) is 186 cm³/mol. The van der Waals surface area contributed by atoms with Gasteiger partial charge in [0, 0.05) is 44.4 Å². The van der Waals surface area contributed by atoms with E-state index >= 15 is 0 Å². The number of pyridine rings is 2. The van der Waals surface area contributed by atoms with Gasteiger partial charge in [-0.3, -0.25) is 9.59 Å². The molecule has 0 aliphatic carbocycles. The summed E-state index contributed by atoms with van der Waals surface area (Å²) in [6.45, 7) is 25.3. The van der Waals surface area contributed by atoms with E-state index in [4.69, 9.17) is 0 Å². The third kappa shape index (κ3) is 5.41. The fourth-order valence-corrected chi connectivity index (χ4v) is 7.00. The number of aromatic nitrogens is 2. The molecule has 6 heteroatoms. The Morgan fingerprint density at radius 3 is 1.70 bits per heavy atom. The van der Waals surface area contributed by atoms with Crippen molar-refractivity contribution in [3.05, 3.63) is 83.4 Å². The fourth-order valence-electron chi connectivity index (χ4n) is 7.00. The van der Waals surface area contributed by atoms with Gasteiger partial charge in [0.1, 0.15) is 0 Å². The molecule has 2 aliphatic rings. The normalized spacial score (nSPS) is 17.9. The monoisotopic (exact) mass is 582 g/mol. The van der Waals surface area contributed by atoms with Crippen LogP contribution in [-0.4, -0.2) is 21.0 Å². The maximum Gasteiger partial charge on any atom is 0.251 e. The van der Waals surface area contributed by atoms with Crippen LogP contribution in [0.2, 0.25) is 0 Å². The Morgan fingerprint density at radius 2 is 1.16 bits per heavy atom. The molecule has 2 aromatic heterocycles. The second kappa shape index (κ2) is 10.7. The van der Waals surface area contributed by atoms with Crippen LogP contribution in [0, 0.1) is 41.5 Å². The van der Waals surface area contributed by atoms with E-state index in [-0.39, 0.29) is 29.6 Å². The molecule has 230 valence electrons. The van der Waals surface area contributed by atoms with E-state index in [1.165, 1.54) is 27.8 Å². The quantitative estimate of drug-likeness (QED) is 0.167.